The first kappa shape index (κ1) is 18.2. The van der Waals surface area contributed by atoms with Crippen LogP contribution in [0.25, 0.3) is 6.08 Å². The van der Waals surface area contributed by atoms with E-state index in [1.54, 1.807) is 18.2 Å². The van der Waals surface area contributed by atoms with Crippen LogP contribution in [0.4, 0.5) is 5.69 Å². The molecule has 2 rings (SSSR count). The number of nitro benzene ring substituents is 1. The van der Waals surface area contributed by atoms with E-state index in [-0.39, 0.29) is 17.6 Å². The zero-order chi connectivity index (χ0) is 17.7. The van der Waals surface area contributed by atoms with E-state index in [0.717, 1.165) is 25.7 Å². The van der Waals surface area contributed by atoms with Gasteiger partial charge in [0, 0.05) is 24.3 Å². The summed E-state index contributed by atoms with van der Waals surface area (Å²) in [7, 11) is 0. The Bertz CT molecular complexity index is 624. The second-order valence-corrected chi connectivity index (χ2v) is 7.61. The smallest absolute Gasteiger partial charge is 0.270 e. The van der Waals surface area contributed by atoms with Gasteiger partial charge in [-0.1, -0.05) is 32.9 Å². The average Bonchev–Trinajstić information content (AvgIpc) is 2.53. The molecular formula is C19H26N2O3. The first-order valence-electron chi connectivity index (χ1n) is 8.49. The van der Waals surface area contributed by atoms with Gasteiger partial charge in [-0.3, -0.25) is 14.9 Å². The number of benzene rings is 1. The Labute approximate surface area is 143 Å². The summed E-state index contributed by atoms with van der Waals surface area (Å²) in [5, 5.41) is 13.8. The number of carbonyl (C=O) groups is 1. The molecule has 1 N–H and O–H groups in total. The minimum atomic E-state index is -0.439. The van der Waals surface area contributed by atoms with Crippen molar-refractivity contribution >= 4 is 17.7 Å². The maximum atomic E-state index is 12.1. The molecule has 0 aromatic heterocycles. The van der Waals surface area contributed by atoms with E-state index in [1.807, 2.05) is 0 Å². The molecule has 0 atom stereocenters. The SMILES string of the molecule is CC(C)(C)C1CCC(NC(=O)/C=C/c2cccc([N+](=O)[O-])c2)CC1. The molecule has 1 aliphatic carbocycles. The lowest BCUT2D eigenvalue weighted by Gasteiger charge is -2.37. The molecule has 0 heterocycles. The van der Waals surface area contributed by atoms with Gasteiger partial charge in [0.2, 0.25) is 5.91 Å². The highest BCUT2D eigenvalue weighted by Crippen LogP contribution is 2.37. The number of hydrogen-bond acceptors (Lipinski definition) is 3. The van der Waals surface area contributed by atoms with Gasteiger partial charge in [0.15, 0.2) is 0 Å². The number of carbonyl (C=O) groups excluding carboxylic acids is 1. The molecule has 5 nitrogen and oxygen atoms in total. The van der Waals surface area contributed by atoms with Gasteiger partial charge in [-0.2, -0.15) is 0 Å². The largest absolute Gasteiger partial charge is 0.350 e. The Kier molecular flexibility index (Phi) is 5.75. The predicted octanol–water partition coefficient (Wildman–Crippen LogP) is 4.33. The van der Waals surface area contributed by atoms with Crippen molar-refractivity contribution in [1.29, 1.82) is 0 Å². The topological polar surface area (TPSA) is 72.2 Å². The van der Waals surface area contributed by atoms with Crippen LogP contribution < -0.4 is 5.32 Å². The van der Waals surface area contributed by atoms with Crippen molar-refractivity contribution in [3.05, 3.63) is 46.0 Å². The van der Waals surface area contributed by atoms with Crippen LogP contribution in [0.2, 0.25) is 0 Å². The normalized spacial score (nSPS) is 21.6. The van der Waals surface area contributed by atoms with E-state index in [0.29, 0.717) is 16.9 Å². The second kappa shape index (κ2) is 7.60. The van der Waals surface area contributed by atoms with Crippen molar-refractivity contribution in [2.24, 2.45) is 11.3 Å². The minimum absolute atomic E-state index is 0.0260. The van der Waals surface area contributed by atoms with Gasteiger partial charge in [-0.05, 0) is 48.7 Å². The van der Waals surface area contributed by atoms with Crippen molar-refractivity contribution < 1.29 is 9.72 Å². The van der Waals surface area contributed by atoms with Crippen LogP contribution in [0.1, 0.15) is 52.0 Å². The summed E-state index contributed by atoms with van der Waals surface area (Å²) in [6.07, 6.45) is 7.38. The predicted molar refractivity (Wildman–Crippen MR) is 95.5 cm³/mol. The molecule has 130 valence electrons. The number of rotatable bonds is 4. The second-order valence-electron chi connectivity index (χ2n) is 7.61. The van der Waals surface area contributed by atoms with Gasteiger partial charge in [-0.15, -0.1) is 0 Å². The fourth-order valence-corrected chi connectivity index (χ4v) is 3.27. The summed E-state index contributed by atoms with van der Waals surface area (Å²) in [5.74, 6) is 0.576. The van der Waals surface area contributed by atoms with Crippen LogP contribution in [-0.2, 0) is 4.79 Å². The number of nitrogens with one attached hydrogen (secondary N) is 1. The van der Waals surface area contributed by atoms with Crippen LogP contribution in [0, 0.1) is 21.4 Å². The van der Waals surface area contributed by atoms with Gasteiger partial charge in [-0.25, -0.2) is 0 Å². The zero-order valence-electron chi connectivity index (χ0n) is 14.6. The van der Waals surface area contributed by atoms with Crippen molar-refractivity contribution in [3.8, 4) is 0 Å². The first-order valence-corrected chi connectivity index (χ1v) is 8.49. The number of hydrogen-bond donors (Lipinski definition) is 1. The molecule has 0 spiro atoms. The molecule has 1 aromatic carbocycles. The van der Waals surface area contributed by atoms with Crippen LogP contribution >= 0.6 is 0 Å². The fourth-order valence-electron chi connectivity index (χ4n) is 3.27. The summed E-state index contributed by atoms with van der Waals surface area (Å²) < 4.78 is 0. The molecule has 0 radical (unpaired) electrons. The Morgan fingerprint density at radius 1 is 1.25 bits per heavy atom. The van der Waals surface area contributed by atoms with E-state index in [2.05, 4.69) is 26.1 Å². The van der Waals surface area contributed by atoms with Crippen molar-refractivity contribution in [2.75, 3.05) is 0 Å². The molecule has 5 heteroatoms. The lowest BCUT2D eigenvalue weighted by Crippen LogP contribution is -2.38. The highest BCUT2D eigenvalue weighted by atomic mass is 16.6. The maximum Gasteiger partial charge on any atom is 0.270 e. The molecule has 24 heavy (non-hydrogen) atoms. The van der Waals surface area contributed by atoms with Gasteiger partial charge in [0.1, 0.15) is 0 Å². The van der Waals surface area contributed by atoms with Crippen molar-refractivity contribution in [1.82, 2.24) is 5.32 Å². The Balaban J connectivity index is 1.86. The van der Waals surface area contributed by atoms with Crippen LogP contribution in [0.3, 0.4) is 0 Å². The summed E-state index contributed by atoms with van der Waals surface area (Å²) >= 11 is 0. The third-order valence-corrected chi connectivity index (χ3v) is 4.81. The number of nitro groups is 1. The lowest BCUT2D eigenvalue weighted by atomic mass is 9.71. The molecule has 0 aliphatic heterocycles. The van der Waals surface area contributed by atoms with Crippen LogP contribution in [-0.4, -0.2) is 16.9 Å². The van der Waals surface area contributed by atoms with E-state index < -0.39 is 4.92 Å². The molecule has 1 fully saturated rings. The van der Waals surface area contributed by atoms with Crippen LogP contribution in [0.15, 0.2) is 30.3 Å². The molecule has 1 aliphatic rings. The molecule has 1 amide bonds. The van der Waals surface area contributed by atoms with Crippen molar-refractivity contribution in [2.45, 2.75) is 52.5 Å². The minimum Gasteiger partial charge on any atom is -0.350 e. The zero-order valence-corrected chi connectivity index (χ0v) is 14.6. The third kappa shape index (κ3) is 5.18. The summed E-state index contributed by atoms with van der Waals surface area (Å²) in [6, 6.07) is 6.48. The first-order chi connectivity index (χ1) is 11.3. The summed E-state index contributed by atoms with van der Waals surface area (Å²) in [5.41, 5.74) is 1.01. The quantitative estimate of drug-likeness (QED) is 0.507. The highest BCUT2D eigenvalue weighted by molar-refractivity contribution is 5.92. The van der Waals surface area contributed by atoms with Gasteiger partial charge in [0.25, 0.3) is 5.69 Å². The van der Waals surface area contributed by atoms with Gasteiger partial charge < -0.3 is 5.32 Å². The Morgan fingerprint density at radius 2 is 1.92 bits per heavy atom. The Morgan fingerprint density at radius 3 is 2.50 bits per heavy atom. The molecule has 1 saturated carbocycles. The van der Waals surface area contributed by atoms with E-state index in [9.17, 15) is 14.9 Å². The molecule has 0 unspecified atom stereocenters. The highest BCUT2D eigenvalue weighted by Gasteiger charge is 2.29. The fraction of sp³-hybridized carbons (Fsp3) is 0.526. The van der Waals surface area contributed by atoms with E-state index >= 15 is 0 Å². The van der Waals surface area contributed by atoms with Gasteiger partial charge in [0.05, 0.1) is 4.92 Å². The van der Waals surface area contributed by atoms with Crippen LogP contribution in [0.5, 0.6) is 0 Å². The number of amides is 1. The summed E-state index contributed by atoms with van der Waals surface area (Å²) in [4.78, 5) is 22.4. The Hall–Kier alpha value is -2.17. The molecule has 0 bridgehead atoms. The monoisotopic (exact) mass is 330 g/mol. The average molecular weight is 330 g/mol. The summed E-state index contributed by atoms with van der Waals surface area (Å²) in [6.45, 7) is 6.83. The lowest BCUT2D eigenvalue weighted by molar-refractivity contribution is -0.384. The maximum absolute atomic E-state index is 12.1. The van der Waals surface area contributed by atoms with E-state index in [1.165, 1.54) is 18.2 Å². The molecule has 0 saturated heterocycles. The number of non-ortho nitro benzene ring substituents is 1. The third-order valence-electron chi connectivity index (χ3n) is 4.81. The van der Waals surface area contributed by atoms with Crippen molar-refractivity contribution in [3.63, 3.8) is 0 Å². The molecule has 1 aromatic rings. The van der Waals surface area contributed by atoms with E-state index in [4.69, 9.17) is 0 Å². The number of nitrogens with zero attached hydrogens (tertiary/aromatic N) is 1. The molecular weight excluding hydrogens is 304 g/mol. The standard InChI is InChI=1S/C19H26N2O3/c1-19(2,3)15-8-10-16(11-9-15)20-18(22)12-7-14-5-4-6-17(13-14)21(23)24/h4-7,12-13,15-16H,8-11H2,1-3H3,(H,20,22)/b12-7+. The van der Waals surface area contributed by atoms with Gasteiger partial charge >= 0.3 is 0 Å².